The van der Waals surface area contributed by atoms with Crippen molar-refractivity contribution >= 4 is 47.2 Å². The lowest BCUT2D eigenvalue weighted by Crippen LogP contribution is -2.47. The van der Waals surface area contributed by atoms with Gasteiger partial charge in [-0.05, 0) is 24.5 Å². The van der Waals surface area contributed by atoms with Crippen LogP contribution in [0.4, 0.5) is 0 Å². The fourth-order valence-corrected chi connectivity index (χ4v) is 2.92. The summed E-state index contributed by atoms with van der Waals surface area (Å²) in [6.45, 7) is 5.62. The minimum absolute atomic E-state index is 0. The van der Waals surface area contributed by atoms with Crippen molar-refractivity contribution in [1.82, 2.24) is 10.6 Å². The summed E-state index contributed by atoms with van der Waals surface area (Å²) < 4.78 is 0.689. The molecule has 0 bridgehead atoms. The number of amides is 2. The van der Waals surface area contributed by atoms with Gasteiger partial charge in [0.2, 0.25) is 11.8 Å². The largest absolute Gasteiger partial charge is 0.347 e. The summed E-state index contributed by atoms with van der Waals surface area (Å²) >= 11 is 7.34. The molecule has 1 heterocycles. The molecule has 1 aromatic heterocycles. The Labute approximate surface area is 146 Å². The first-order valence-corrected chi connectivity index (χ1v) is 8.12. The van der Waals surface area contributed by atoms with E-state index in [1.807, 2.05) is 26.8 Å². The molecule has 0 saturated carbocycles. The van der Waals surface area contributed by atoms with E-state index in [1.54, 1.807) is 6.07 Å². The third-order valence-corrected chi connectivity index (χ3v) is 4.47. The van der Waals surface area contributed by atoms with Gasteiger partial charge in [0.15, 0.2) is 0 Å². The summed E-state index contributed by atoms with van der Waals surface area (Å²) in [6, 6.07) is 3.01. The first-order valence-electron chi connectivity index (χ1n) is 6.93. The summed E-state index contributed by atoms with van der Waals surface area (Å²) in [4.78, 5) is 24.6. The number of halogens is 2. The third kappa shape index (κ3) is 6.52. The highest BCUT2D eigenvalue weighted by molar-refractivity contribution is 7.16. The van der Waals surface area contributed by atoms with Crippen LogP contribution in [0.25, 0.3) is 0 Å². The Kier molecular flexibility index (Phi) is 9.67. The Balaban J connectivity index is 0.00000441. The fraction of sp³-hybridized carbons (Fsp3) is 0.571. The molecule has 0 spiro atoms. The van der Waals surface area contributed by atoms with E-state index in [4.69, 9.17) is 17.3 Å². The van der Waals surface area contributed by atoms with E-state index in [2.05, 4.69) is 10.6 Å². The van der Waals surface area contributed by atoms with Gasteiger partial charge in [0.05, 0.1) is 23.0 Å². The molecule has 1 rings (SSSR count). The number of hydrogen-bond donors (Lipinski definition) is 3. The molecule has 126 valence electrons. The van der Waals surface area contributed by atoms with Gasteiger partial charge in [0.1, 0.15) is 0 Å². The molecule has 0 aliphatic carbocycles. The van der Waals surface area contributed by atoms with Crippen molar-refractivity contribution in [2.45, 2.75) is 39.3 Å². The van der Waals surface area contributed by atoms with Gasteiger partial charge in [-0.1, -0.05) is 32.4 Å². The molecule has 22 heavy (non-hydrogen) atoms. The van der Waals surface area contributed by atoms with Gasteiger partial charge < -0.3 is 16.4 Å². The Morgan fingerprint density at radius 3 is 2.45 bits per heavy atom. The predicted octanol–water partition coefficient (Wildman–Crippen LogP) is 2.49. The van der Waals surface area contributed by atoms with Crippen LogP contribution in [-0.4, -0.2) is 24.4 Å². The smallest absolute Gasteiger partial charge is 0.239 e. The van der Waals surface area contributed by atoms with Crippen molar-refractivity contribution in [3.8, 4) is 0 Å². The maximum Gasteiger partial charge on any atom is 0.239 e. The number of nitrogens with two attached hydrogens (primary N) is 1. The van der Waals surface area contributed by atoms with Crippen LogP contribution >= 0.6 is 35.3 Å². The van der Waals surface area contributed by atoms with Crippen LogP contribution in [0.1, 0.15) is 38.1 Å². The Morgan fingerprint density at radius 2 is 2.00 bits per heavy atom. The monoisotopic (exact) mass is 367 g/mol. The van der Waals surface area contributed by atoms with Crippen molar-refractivity contribution in [3.05, 3.63) is 21.3 Å². The second-order valence-electron chi connectivity index (χ2n) is 5.16. The zero-order chi connectivity index (χ0) is 16.0. The molecule has 0 saturated heterocycles. The molecule has 0 radical (unpaired) electrons. The quantitative estimate of drug-likeness (QED) is 0.691. The van der Waals surface area contributed by atoms with E-state index in [0.717, 1.165) is 11.3 Å². The van der Waals surface area contributed by atoms with Crippen LogP contribution in [0.2, 0.25) is 4.34 Å². The zero-order valence-corrected chi connectivity index (χ0v) is 15.3. The normalized spacial score (nSPS) is 13.2. The van der Waals surface area contributed by atoms with Gasteiger partial charge in [-0.15, -0.1) is 23.7 Å². The number of carbonyl (C=O) groups is 2. The first-order chi connectivity index (χ1) is 9.85. The van der Waals surface area contributed by atoms with Crippen molar-refractivity contribution in [3.63, 3.8) is 0 Å². The predicted molar refractivity (Wildman–Crippen MR) is 93.6 cm³/mol. The molecular formula is C14H23Cl2N3O2S. The van der Waals surface area contributed by atoms with Gasteiger partial charge in [0.25, 0.3) is 0 Å². The topological polar surface area (TPSA) is 84.2 Å². The zero-order valence-electron chi connectivity index (χ0n) is 12.9. The minimum atomic E-state index is -0.601. The van der Waals surface area contributed by atoms with Gasteiger partial charge >= 0.3 is 0 Å². The molecule has 2 atom stereocenters. The van der Waals surface area contributed by atoms with Crippen molar-refractivity contribution in [2.75, 3.05) is 6.54 Å². The van der Waals surface area contributed by atoms with E-state index in [-0.39, 0.29) is 42.7 Å². The van der Waals surface area contributed by atoms with Crippen molar-refractivity contribution in [1.29, 1.82) is 0 Å². The van der Waals surface area contributed by atoms with Gasteiger partial charge in [-0.3, -0.25) is 9.59 Å². The summed E-state index contributed by atoms with van der Waals surface area (Å²) in [5.74, 6) is -0.521. The highest BCUT2D eigenvalue weighted by Gasteiger charge is 2.19. The maximum atomic E-state index is 11.9. The van der Waals surface area contributed by atoms with Gasteiger partial charge in [0, 0.05) is 4.88 Å². The van der Waals surface area contributed by atoms with E-state index < -0.39 is 6.04 Å². The number of nitrogens with one attached hydrogen (secondary N) is 2. The summed E-state index contributed by atoms with van der Waals surface area (Å²) in [6.07, 6.45) is 0.752. The van der Waals surface area contributed by atoms with Crippen LogP contribution in [0.5, 0.6) is 0 Å². The Morgan fingerprint density at radius 1 is 1.36 bits per heavy atom. The van der Waals surface area contributed by atoms with E-state index in [1.165, 1.54) is 11.3 Å². The molecule has 8 heteroatoms. The maximum absolute atomic E-state index is 11.9. The highest BCUT2D eigenvalue weighted by atomic mass is 35.5. The summed E-state index contributed by atoms with van der Waals surface area (Å²) in [5.41, 5.74) is 5.71. The average Bonchev–Trinajstić information content (AvgIpc) is 2.87. The molecule has 5 nitrogen and oxygen atoms in total. The Bertz CT molecular complexity index is 494. The summed E-state index contributed by atoms with van der Waals surface area (Å²) in [7, 11) is 0. The number of rotatable bonds is 7. The SMILES string of the molecule is CCC(NC(=O)CNC(=O)[C@@H](N)C(C)C)c1ccc(Cl)s1.Cl. The fourth-order valence-electron chi connectivity index (χ4n) is 1.72. The van der Waals surface area contributed by atoms with Crippen LogP contribution in [0, 0.1) is 5.92 Å². The molecule has 0 aliphatic heterocycles. The van der Waals surface area contributed by atoms with Gasteiger partial charge in [-0.2, -0.15) is 0 Å². The number of carbonyl (C=O) groups excluding carboxylic acids is 2. The molecule has 0 fully saturated rings. The first kappa shape index (κ1) is 21.2. The van der Waals surface area contributed by atoms with Crippen LogP contribution < -0.4 is 16.4 Å². The standard InChI is InChI=1S/C14H22ClN3O2S.ClH/c1-4-9(10-5-6-11(15)21-10)18-12(19)7-17-14(20)13(16)8(2)3;/h5-6,8-9,13H,4,7,16H2,1-3H3,(H,17,20)(H,18,19);1H/t9?,13-;/m0./s1. The lowest BCUT2D eigenvalue weighted by Gasteiger charge is -2.18. The Hall–Kier alpha value is -0.820. The lowest BCUT2D eigenvalue weighted by molar-refractivity contribution is -0.127. The molecule has 4 N–H and O–H groups in total. The van der Waals surface area contributed by atoms with Crippen LogP contribution in [0.3, 0.4) is 0 Å². The van der Waals surface area contributed by atoms with Gasteiger partial charge in [-0.25, -0.2) is 0 Å². The molecular weight excluding hydrogens is 345 g/mol. The minimum Gasteiger partial charge on any atom is -0.347 e. The molecule has 2 amide bonds. The van der Waals surface area contributed by atoms with E-state index in [9.17, 15) is 9.59 Å². The number of hydrogen-bond acceptors (Lipinski definition) is 4. The summed E-state index contributed by atoms with van der Waals surface area (Å²) in [5, 5.41) is 5.43. The third-order valence-electron chi connectivity index (χ3n) is 3.13. The van der Waals surface area contributed by atoms with Crippen LogP contribution in [-0.2, 0) is 9.59 Å². The lowest BCUT2D eigenvalue weighted by atomic mass is 10.1. The van der Waals surface area contributed by atoms with E-state index in [0.29, 0.717) is 4.34 Å². The molecule has 0 aliphatic rings. The molecule has 1 unspecified atom stereocenters. The highest BCUT2D eigenvalue weighted by Crippen LogP contribution is 2.28. The van der Waals surface area contributed by atoms with Crippen molar-refractivity contribution in [2.24, 2.45) is 11.7 Å². The van der Waals surface area contributed by atoms with Crippen LogP contribution in [0.15, 0.2) is 12.1 Å². The van der Waals surface area contributed by atoms with E-state index >= 15 is 0 Å². The molecule has 0 aromatic carbocycles. The number of thiophene rings is 1. The average molecular weight is 368 g/mol. The van der Waals surface area contributed by atoms with Crippen molar-refractivity contribution < 1.29 is 9.59 Å². The second kappa shape index (κ2) is 10.0. The second-order valence-corrected chi connectivity index (χ2v) is 6.90. The molecule has 1 aromatic rings.